The van der Waals surface area contributed by atoms with E-state index in [4.69, 9.17) is 0 Å². The van der Waals surface area contributed by atoms with Gasteiger partial charge in [-0.15, -0.1) is 0 Å². The maximum Gasteiger partial charge on any atom is 0.151 e. The first-order chi connectivity index (χ1) is 7.99. The second kappa shape index (κ2) is 7.34. The maximum atomic E-state index is 11.4. The molecule has 0 aromatic rings. The molecule has 1 aliphatic heterocycles. The van der Waals surface area contributed by atoms with E-state index in [0.29, 0.717) is 18.1 Å². The van der Waals surface area contributed by atoms with Crippen LogP contribution in [0.25, 0.3) is 0 Å². The third-order valence-corrected chi connectivity index (χ3v) is 4.87. The van der Waals surface area contributed by atoms with E-state index in [-0.39, 0.29) is 0 Å². The maximum absolute atomic E-state index is 11.4. The molecule has 1 rings (SSSR count). The number of hydrogen-bond acceptors (Lipinski definition) is 4. The molecular formula is C12H26N2O2S. The van der Waals surface area contributed by atoms with Gasteiger partial charge >= 0.3 is 0 Å². The summed E-state index contributed by atoms with van der Waals surface area (Å²) < 4.78 is 22.9. The molecule has 0 atom stereocenters. The van der Waals surface area contributed by atoms with E-state index in [1.807, 2.05) is 0 Å². The Morgan fingerprint density at radius 3 is 2.65 bits per heavy atom. The van der Waals surface area contributed by atoms with E-state index >= 15 is 0 Å². The van der Waals surface area contributed by atoms with Gasteiger partial charge in [0.15, 0.2) is 9.84 Å². The summed E-state index contributed by atoms with van der Waals surface area (Å²) in [5.41, 5.74) is 0. The molecule has 1 aliphatic rings. The average Bonchev–Trinajstić information content (AvgIpc) is 2.39. The summed E-state index contributed by atoms with van der Waals surface area (Å²) >= 11 is 0. The Morgan fingerprint density at radius 2 is 1.94 bits per heavy atom. The molecule has 0 amide bonds. The molecule has 4 nitrogen and oxygen atoms in total. The van der Waals surface area contributed by atoms with E-state index < -0.39 is 9.84 Å². The van der Waals surface area contributed by atoms with Crippen molar-refractivity contribution in [1.82, 2.24) is 10.2 Å². The van der Waals surface area contributed by atoms with Crippen molar-refractivity contribution in [1.29, 1.82) is 0 Å². The Morgan fingerprint density at radius 1 is 1.18 bits per heavy atom. The summed E-state index contributed by atoms with van der Waals surface area (Å²) in [6.07, 6.45) is 1.99. The highest BCUT2D eigenvalue weighted by Gasteiger charge is 2.18. The quantitative estimate of drug-likeness (QED) is 0.718. The first-order valence-electron chi connectivity index (χ1n) is 6.63. The van der Waals surface area contributed by atoms with E-state index in [0.717, 1.165) is 38.5 Å². The van der Waals surface area contributed by atoms with Gasteiger partial charge in [0.2, 0.25) is 0 Å². The summed E-state index contributed by atoms with van der Waals surface area (Å²) in [4.78, 5) is 2.26. The van der Waals surface area contributed by atoms with Crippen molar-refractivity contribution in [2.24, 2.45) is 5.92 Å². The second-order valence-electron chi connectivity index (χ2n) is 5.28. The van der Waals surface area contributed by atoms with Gasteiger partial charge < -0.3 is 10.2 Å². The van der Waals surface area contributed by atoms with Crippen molar-refractivity contribution in [3.8, 4) is 0 Å². The van der Waals surface area contributed by atoms with E-state index in [9.17, 15) is 8.42 Å². The van der Waals surface area contributed by atoms with Crippen molar-refractivity contribution >= 4 is 9.84 Å². The van der Waals surface area contributed by atoms with Crippen molar-refractivity contribution in [3.05, 3.63) is 0 Å². The van der Waals surface area contributed by atoms with Gasteiger partial charge in [-0.3, -0.25) is 0 Å². The molecule has 1 heterocycles. The number of nitrogens with one attached hydrogen (secondary N) is 1. The second-order valence-corrected chi connectivity index (χ2v) is 7.58. The predicted octanol–water partition coefficient (Wildman–Crippen LogP) is 0.743. The lowest BCUT2D eigenvalue weighted by Crippen LogP contribution is -2.34. The standard InChI is InChI=1S/C12H26N2O2S/c1-12(2)4-5-13-6-8-14-7-3-10-17(15,16)11-9-14/h12-13H,3-11H2,1-2H3. The van der Waals surface area contributed by atoms with Crippen molar-refractivity contribution < 1.29 is 8.42 Å². The number of rotatable bonds is 6. The summed E-state index contributed by atoms with van der Waals surface area (Å²) in [7, 11) is -2.76. The molecule has 1 N–H and O–H groups in total. The highest BCUT2D eigenvalue weighted by atomic mass is 32.2. The Hall–Kier alpha value is -0.130. The normalized spacial score (nSPS) is 21.6. The zero-order chi connectivity index (χ0) is 12.7. The largest absolute Gasteiger partial charge is 0.315 e. The topological polar surface area (TPSA) is 49.4 Å². The molecule has 0 saturated carbocycles. The minimum absolute atomic E-state index is 0.332. The highest BCUT2D eigenvalue weighted by Crippen LogP contribution is 2.04. The van der Waals surface area contributed by atoms with Gasteiger partial charge in [0.1, 0.15) is 0 Å². The van der Waals surface area contributed by atoms with E-state index in [1.165, 1.54) is 6.42 Å². The Bertz CT molecular complexity index is 302. The molecule has 5 heteroatoms. The van der Waals surface area contributed by atoms with Crippen LogP contribution < -0.4 is 5.32 Å². The van der Waals surface area contributed by atoms with E-state index in [1.54, 1.807) is 0 Å². The fourth-order valence-electron chi connectivity index (χ4n) is 1.97. The number of nitrogens with zero attached hydrogens (tertiary/aromatic N) is 1. The third kappa shape index (κ3) is 7.01. The van der Waals surface area contributed by atoms with Gasteiger partial charge in [0.25, 0.3) is 0 Å². The summed E-state index contributed by atoms with van der Waals surface area (Å²) in [5, 5.41) is 3.41. The van der Waals surface area contributed by atoms with Crippen LogP contribution in [0.1, 0.15) is 26.7 Å². The number of hydrogen-bond donors (Lipinski definition) is 1. The zero-order valence-electron chi connectivity index (χ0n) is 11.1. The van der Waals surface area contributed by atoms with Crippen LogP contribution in [-0.4, -0.2) is 57.5 Å². The molecule has 0 bridgehead atoms. The Kier molecular flexibility index (Phi) is 6.44. The fourth-order valence-corrected chi connectivity index (χ4v) is 3.28. The van der Waals surface area contributed by atoms with Crippen molar-refractivity contribution in [2.75, 3.05) is 44.2 Å². The van der Waals surface area contributed by atoms with Crippen molar-refractivity contribution in [2.45, 2.75) is 26.7 Å². The summed E-state index contributed by atoms with van der Waals surface area (Å²) in [6.45, 7) is 9.06. The highest BCUT2D eigenvalue weighted by molar-refractivity contribution is 7.91. The molecule has 17 heavy (non-hydrogen) atoms. The molecule has 0 aromatic heterocycles. The van der Waals surface area contributed by atoms with Crippen LogP contribution in [0.4, 0.5) is 0 Å². The van der Waals surface area contributed by atoms with Gasteiger partial charge in [-0.25, -0.2) is 8.42 Å². The van der Waals surface area contributed by atoms with Crippen LogP contribution >= 0.6 is 0 Å². The lowest BCUT2D eigenvalue weighted by atomic mass is 10.1. The third-order valence-electron chi connectivity index (χ3n) is 3.15. The van der Waals surface area contributed by atoms with Gasteiger partial charge in [-0.05, 0) is 31.8 Å². The van der Waals surface area contributed by atoms with Gasteiger partial charge in [0.05, 0.1) is 11.5 Å². The first kappa shape index (κ1) is 14.9. The number of sulfone groups is 1. The van der Waals surface area contributed by atoms with Crippen LogP contribution in [-0.2, 0) is 9.84 Å². The molecule has 0 aliphatic carbocycles. The molecule has 102 valence electrons. The van der Waals surface area contributed by atoms with Gasteiger partial charge in [-0.1, -0.05) is 13.8 Å². The fraction of sp³-hybridized carbons (Fsp3) is 1.00. The van der Waals surface area contributed by atoms with E-state index in [2.05, 4.69) is 24.1 Å². The Labute approximate surface area is 106 Å². The minimum Gasteiger partial charge on any atom is -0.315 e. The molecule has 0 spiro atoms. The monoisotopic (exact) mass is 262 g/mol. The van der Waals surface area contributed by atoms with Crippen LogP contribution in [0, 0.1) is 5.92 Å². The molecule has 0 aromatic carbocycles. The lowest BCUT2D eigenvalue weighted by molar-refractivity contribution is 0.293. The van der Waals surface area contributed by atoms with Crippen LogP contribution in [0.2, 0.25) is 0 Å². The van der Waals surface area contributed by atoms with Crippen LogP contribution in [0.5, 0.6) is 0 Å². The van der Waals surface area contributed by atoms with Crippen LogP contribution in [0.15, 0.2) is 0 Å². The SMILES string of the molecule is CC(C)CCNCCN1CCCS(=O)(=O)CC1. The van der Waals surface area contributed by atoms with Gasteiger partial charge in [0, 0.05) is 19.6 Å². The summed E-state index contributed by atoms with van der Waals surface area (Å²) in [6, 6.07) is 0. The molecule has 1 saturated heterocycles. The molecular weight excluding hydrogens is 236 g/mol. The van der Waals surface area contributed by atoms with Gasteiger partial charge in [-0.2, -0.15) is 0 Å². The lowest BCUT2D eigenvalue weighted by Gasteiger charge is -2.19. The first-order valence-corrected chi connectivity index (χ1v) is 8.45. The van der Waals surface area contributed by atoms with Crippen LogP contribution in [0.3, 0.4) is 0 Å². The molecule has 1 fully saturated rings. The molecule has 0 radical (unpaired) electrons. The zero-order valence-corrected chi connectivity index (χ0v) is 11.9. The summed E-state index contributed by atoms with van der Waals surface area (Å²) in [5.74, 6) is 1.44. The average molecular weight is 262 g/mol. The predicted molar refractivity (Wildman–Crippen MR) is 72.0 cm³/mol. The Balaban J connectivity index is 2.11. The van der Waals surface area contributed by atoms with Crippen molar-refractivity contribution in [3.63, 3.8) is 0 Å². The smallest absolute Gasteiger partial charge is 0.151 e. The minimum atomic E-state index is -2.76. The molecule has 0 unspecified atom stereocenters.